The zero-order valence-corrected chi connectivity index (χ0v) is 56.2. The number of carbonyl (C=O) groups excluding carboxylic acids is 2. The lowest BCUT2D eigenvalue weighted by molar-refractivity contribution is -0.130. The average Bonchev–Trinajstić information content (AvgIpc) is 1.74. The number of nitrogens with zero attached hydrogens (tertiary/aromatic N) is 7. The number of aromatic nitrogens is 7. The SMILES string of the molecule is CC(=O)N1CC=C(c2c[nH]c3ccccc23)CC1.CC(=O)N1CCC(c2c[nH]c3ncccc23)CC1.CS(=O)(=O)N1CC=C(c2c[nH]c3c(F)cccc23)CC1.CS(=O)(=O)N1CC=C(c2c[nH]c3cc(F)ccc23)CC1.CS(=O)(=O)N1CC=C(c2n[nH]c3ccccc23)CC1. The maximum absolute atomic E-state index is 13.6. The fourth-order valence-corrected chi connectivity index (χ4v) is 15.2. The summed E-state index contributed by atoms with van der Waals surface area (Å²) in [5.74, 6) is 0.339. The van der Waals surface area contributed by atoms with Gasteiger partial charge < -0.3 is 29.7 Å². The quantitative estimate of drug-likeness (QED) is 0.0961. The molecule has 1 fully saturated rings. The van der Waals surface area contributed by atoms with E-state index >= 15 is 0 Å². The molecular weight excluding hydrogens is 1270 g/mol. The molecule has 498 valence electrons. The molecule has 4 aromatic carbocycles. The first-order chi connectivity index (χ1) is 45.5. The number of para-hydroxylation sites is 3. The fourth-order valence-electron chi connectivity index (χ4n) is 12.9. The van der Waals surface area contributed by atoms with Crippen molar-refractivity contribution in [3.8, 4) is 0 Å². The Morgan fingerprint density at radius 2 is 0.989 bits per heavy atom. The van der Waals surface area contributed by atoms with Gasteiger partial charge in [-0.2, -0.15) is 18.0 Å². The molecule has 25 heteroatoms. The highest BCUT2D eigenvalue weighted by molar-refractivity contribution is 7.88. The van der Waals surface area contributed by atoms with E-state index in [0.29, 0.717) is 70.0 Å². The molecule has 0 atom stereocenters. The Kier molecular flexibility index (Phi) is 20.6. The summed E-state index contributed by atoms with van der Waals surface area (Å²) >= 11 is 0. The Labute approximate surface area is 551 Å². The molecule has 0 saturated carbocycles. The molecular formula is C70H78F2N12O8S3. The van der Waals surface area contributed by atoms with Crippen molar-refractivity contribution in [2.75, 3.05) is 84.2 Å². The Hall–Kier alpha value is -8.85. The number of halogens is 2. The number of hydrogen-bond acceptors (Lipinski definition) is 10. The molecule has 20 nitrogen and oxygen atoms in total. The fraction of sp³-hybridized carbons (Fsp3) is 0.314. The number of sulfonamides is 3. The van der Waals surface area contributed by atoms with Crippen LogP contribution in [0.3, 0.4) is 0 Å². The molecule has 15 rings (SSSR count). The largest absolute Gasteiger partial charge is 0.361 e. The summed E-state index contributed by atoms with van der Waals surface area (Å²) in [7, 11) is -9.38. The van der Waals surface area contributed by atoms with Crippen molar-refractivity contribution < 1.29 is 43.6 Å². The monoisotopic (exact) mass is 1350 g/mol. The third-order valence-corrected chi connectivity index (χ3v) is 22.0. The molecule has 0 bridgehead atoms. The van der Waals surface area contributed by atoms with Crippen molar-refractivity contribution in [2.24, 2.45) is 0 Å². The predicted octanol–water partition coefficient (Wildman–Crippen LogP) is 11.4. The molecule has 0 spiro atoms. The van der Waals surface area contributed by atoms with Gasteiger partial charge in [-0.05, 0) is 121 Å². The van der Waals surface area contributed by atoms with Crippen LogP contribution in [0.2, 0.25) is 0 Å². The predicted molar refractivity (Wildman–Crippen MR) is 373 cm³/mol. The lowest BCUT2D eigenvalue weighted by Gasteiger charge is -2.31. The Morgan fingerprint density at radius 3 is 1.56 bits per heavy atom. The van der Waals surface area contributed by atoms with Crippen molar-refractivity contribution in [1.29, 1.82) is 0 Å². The maximum atomic E-state index is 13.6. The Balaban J connectivity index is 0.000000121. The summed E-state index contributed by atoms with van der Waals surface area (Å²) in [6.07, 6.45) is 26.2. The number of fused-ring (bicyclic) bond motifs is 5. The normalized spacial score (nSPS) is 17.1. The van der Waals surface area contributed by atoms with Crippen molar-refractivity contribution in [2.45, 2.75) is 58.3 Å². The lowest BCUT2D eigenvalue weighted by Crippen LogP contribution is -2.36. The first-order valence-corrected chi connectivity index (χ1v) is 37.1. The standard InChI is InChI=1S/C15H16N2O.2C14H15FN2O2S.C14H17N3O.C13H15N3O2S/c1-11(18)17-8-6-12(7-9-17)14-10-16-15-5-3-2-4-13(14)15;1-20(18,19)17-6-4-10(5-7-17)13-9-16-14-8-11(15)2-3-12(13)14;1-20(18,19)17-7-5-10(6-8-17)12-9-16-14-11(12)3-2-4-13(14)15;1-10(18)17-7-4-11(5-8-17)13-9-16-14-12(13)3-2-6-15-14;1-19(17,18)16-8-6-10(7-9-16)13-11-4-2-3-5-12(11)14-15-13/h2-6,10,16H,7-9H2,1H3;2-4,8-9,16H,5-7H2,1H3;2-5,9,16H,6-8H2,1H3;2-3,6,9,11H,4-5,7-8H2,1H3,(H,15,16);2-6H,7-9H2,1H3,(H,14,15). The molecule has 0 aliphatic carbocycles. The number of benzene rings is 4. The molecule has 5 aliphatic rings. The van der Waals surface area contributed by atoms with Gasteiger partial charge in [0.25, 0.3) is 0 Å². The van der Waals surface area contributed by atoms with Crippen LogP contribution in [0, 0.1) is 11.6 Å². The minimum absolute atomic E-state index is 0.157. The van der Waals surface area contributed by atoms with Crippen LogP contribution >= 0.6 is 0 Å². The zero-order chi connectivity index (χ0) is 67.2. The summed E-state index contributed by atoms with van der Waals surface area (Å²) < 4.78 is 100. The second kappa shape index (κ2) is 29.0. The number of likely N-dealkylation sites (tertiary alicyclic amines) is 1. The van der Waals surface area contributed by atoms with E-state index in [1.807, 2.05) is 76.7 Å². The van der Waals surface area contributed by atoms with E-state index in [1.54, 1.807) is 38.4 Å². The van der Waals surface area contributed by atoms with Crippen molar-refractivity contribution in [1.82, 2.24) is 57.8 Å². The van der Waals surface area contributed by atoms with Crippen LogP contribution in [-0.4, -0.2) is 179 Å². The van der Waals surface area contributed by atoms with Gasteiger partial charge in [0.2, 0.25) is 41.9 Å². The van der Waals surface area contributed by atoms with E-state index in [1.165, 1.54) is 82.9 Å². The van der Waals surface area contributed by atoms with Crippen molar-refractivity contribution >= 4 is 119 Å². The number of aromatic amines is 5. The highest BCUT2D eigenvalue weighted by Crippen LogP contribution is 2.36. The summed E-state index contributed by atoms with van der Waals surface area (Å²) in [5.41, 5.74) is 14.5. The number of H-pyrrole nitrogens is 5. The molecule has 6 aromatic heterocycles. The second-order valence-electron chi connectivity index (χ2n) is 24.3. The van der Waals surface area contributed by atoms with E-state index < -0.39 is 30.1 Å². The second-order valence-corrected chi connectivity index (χ2v) is 30.2. The van der Waals surface area contributed by atoms with E-state index in [4.69, 9.17) is 0 Å². The first-order valence-electron chi connectivity index (χ1n) is 31.6. The van der Waals surface area contributed by atoms with Gasteiger partial charge in [0, 0.05) is 165 Å². The highest BCUT2D eigenvalue weighted by atomic mass is 32.2. The topological polar surface area (TPSA) is 257 Å². The summed E-state index contributed by atoms with van der Waals surface area (Å²) in [4.78, 5) is 43.3. The summed E-state index contributed by atoms with van der Waals surface area (Å²) in [6, 6.07) is 30.0. The van der Waals surface area contributed by atoms with Gasteiger partial charge in [0.05, 0.1) is 35.5 Å². The number of nitrogens with one attached hydrogen (secondary N) is 5. The molecule has 0 unspecified atom stereocenters. The summed E-state index contributed by atoms with van der Waals surface area (Å²) in [6.45, 7) is 9.22. The third-order valence-electron chi connectivity index (χ3n) is 18.2. The van der Waals surface area contributed by atoms with Crippen LogP contribution in [0.4, 0.5) is 8.78 Å². The molecule has 95 heavy (non-hydrogen) atoms. The highest BCUT2D eigenvalue weighted by Gasteiger charge is 2.27. The number of pyridine rings is 1. The minimum Gasteiger partial charge on any atom is -0.361 e. The van der Waals surface area contributed by atoms with Crippen LogP contribution in [0.15, 0.2) is 152 Å². The van der Waals surface area contributed by atoms with Crippen LogP contribution in [0.25, 0.3) is 76.9 Å². The number of rotatable bonds is 8. The first kappa shape index (κ1) is 67.6. The van der Waals surface area contributed by atoms with E-state index in [0.717, 1.165) is 112 Å². The molecule has 2 amide bonds. The van der Waals surface area contributed by atoms with E-state index in [-0.39, 0.29) is 23.4 Å². The zero-order valence-electron chi connectivity index (χ0n) is 53.7. The van der Waals surface area contributed by atoms with Crippen LogP contribution < -0.4 is 0 Å². The van der Waals surface area contributed by atoms with E-state index in [9.17, 15) is 43.6 Å². The van der Waals surface area contributed by atoms with Crippen molar-refractivity contribution in [3.05, 3.63) is 192 Å². The molecule has 5 aliphatic heterocycles. The smallest absolute Gasteiger partial charge is 0.219 e. The van der Waals surface area contributed by atoms with Crippen LogP contribution in [0.1, 0.15) is 86.2 Å². The molecule has 1 saturated heterocycles. The van der Waals surface area contributed by atoms with Crippen LogP contribution in [-0.2, 0) is 39.7 Å². The number of carbonyl (C=O) groups is 2. The van der Waals surface area contributed by atoms with Gasteiger partial charge in [0.1, 0.15) is 17.3 Å². The molecule has 11 heterocycles. The van der Waals surface area contributed by atoms with E-state index in [2.05, 4.69) is 77.9 Å². The molecule has 5 N–H and O–H groups in total. The molecule has 10 aromatic rings. The molecule has 0 radical (unpaired) electrons. The van der Waals surface area contributed by atoms with Crippen LogP contribution in [0.5, 0.6) is 0 Å². The summed E-state index contributed by atoms with van der Waals surface area (Å²) in [5, 5.41) is 12.7. The average molecular weight is 1350 g/mol. The third kappa shape index (κ3) is 15.9. The number of amides is 2. The Bertz CT molecular complexity index is 4960. The van der Waals surface area contributed by atoms with Gasteiger partial charge >= 0.3 is 0 Å². The maximum Gasteiger partial charge on any atom is 0.219 e. The Morgan fingerprint density at radius 1 is 0.484 bits per heavy atom. The van der Waals surface area contributed by atoms with Gasteiger partial charge in [0.15, 0.2) is 0 Å². The number of hydrogen-bond donors (Lipinski definition) is 5. The van der Waals surface area contributed by atoms with Crippen molar-refractivity contribution in [3.63, 3.8) is 0 Å². The minimum atomic E-state index is -3.15. The number of piperidine rings is 1. The van der Waals surface area contributed by atoms with Gasteiger partial charge in [-0.3, -0.25) is 14.7 Å². The van der Waals surface area contributed by atoms with Gasteiger partial charge in [-0.25, -0.2) is 39.0 Å². The van der Waals surface area contributed by atoms with Gasteiger partial charge in [-0.15, -0.1) is 0 Å². The lowest BCUT2D eigenvalue weighted by atomic mass is 9.89. The van der Waals surface area contributed by atoms with Gasteiger partial charge in [-0.1, -0.05) is 72.8 Å².